The lowest BCUT2D eigenvalue weighted by molar-refractivity contribution is -0.263. The van der Waals surface area contributed by atoms with Crippen molar-refractivity contribution in [3.05, 3.63) is 12.2 Å². The van der Waals surface area contributed by atoms with Gasteiger partial charge in [0.15, 0.2) is 5.78 Å². The van der Waals surface area contributed by atoms with E-state index in [0.717, 1.165) is 0 Å². The lowest BCUT2D eigenvalue weighted by Crippen LogP contribution is -2.70. The van der Waals surface area contributed by atoms with Crippen LogP contribution in [-0.4, -0.2) is 52.4 Å². The maximum Gasteiger partial charge on any atom is 0.303 e. The molecule has 0 aliphatic heterocycles. The van der Waals surface area contributed by atoms with E-state index in [-0.39, 0.29) is 23.5 Å². The molecule has 4 aliphatic rings. The molecule has 2 bridgehead atoms. The van der Waals surface area contributed by atoms with E-state index in [0.29, 0.717) is 31.3 Å². The average molecular weight is 435 g/mol. The third kappa shape index (κ3) is 2.75. The molecule has 4 saturated carbocycles. The van der Waals surface area contributed by atoms with Crippen molar-refractivity contribution in [3.63, 3.8) is 0 Å². The Bertz CT molecular complexity index is 847. The molecule has 31 heavy (non-hydrogen) atoms. The molecule has 7 nitrogen and oxygen atoms in total. The van der Waals surface area contributed by atoms with Crippen LogP contribution in [0.2, 0.25) is 0 Å². The zero-order chi connectivity index (χ0) is 23.1. The summed E-state index contributed by atoms with van der Waals surface area (Å²) in [6.07, 6.45) is -1.29. The normalized spacial score (nSPS) is 47.9. The fraction of sp³-hybridized carbons (Fsp3) is 0.792. The zero-order valence-corrected chi connectivity index (χ0v) is 19.0. The highest BCUT2D eigenvalue weighted by Gasteiger charge is 2.75. The van der Waals surface area contributed by atoms with E-state index >= 15 is 0 Å². The number of carbonyl (C=O) groups excluding carboxylic acids is 3. The van der Waals surface area contributed by atoms with Crippen molar-refractivity contribution in [3.8, 4) is 0 Å². The molecule has 2 N–H and O–H groups in total. The molecule has 0 aromatic rings. The molecule has 0 aromatic carbocycles. The number of aliphatic hydroxyl groups is 2. The highest BCUT2D eigenvalue weighted by Crippen LogP contribution is 2.71. The molecule has 172 valence electrons. The first-order valence-corrected chi connectivity index (χ1v) is 11.2. The number of ether oxygens (including phenoxy) is 2. The van der Waals surface area contributed by atoms with Gasteiger partial charge in [0.2, 0.25) is 0 Å². The van der Waals surface area contributed by atoms with E-state index in [2.05, 4.69) is 13.5 Å². The number of hydrogen-bond acceptors (Lipinski definition) is 7. The van der Waals surface area contributed by atoms with Gasteiger partial charge in [0.05, 0.1) is 17.6 Å². The Hall–Kier alpha value is -1.73. The topological polar surface area (TPSA) is 110 Å². The van der Waals surface area contributed by atoms with Crippen molar-refractivity contribution in [2.75, 3.05) is 0 Å². The highest BCUT2D eigenvalue weighted by molar-refractivity contribution is 6.04. The number of ketones is 1. The van der Waals surface area contributed by atoms with Crippen molar-refractivity contribution in [1.29, 1.82) is 0 Å². The standard InChI is InChI=1S/C24H34O7/c1-11-14-7-8-16-23(6)10-15(30-12(2)25)21(31-13(3)26)22(4,5)17(23)9-18(27)24(16,19(11)28)20(14)29/h14-18,20-21,27,29H,1,7-10H2,2-6H3. The van der Waals surface area contributed by atoms with Crippen LogP contribution in [0.25, 0.3) is 0 Å². The van der Waals surface area contributed by atoms with Crippen molar-refractivity contribution >= 4 is 17.7 Å². The van der Waals surface area contributed by atoms with Gasteiger partial charge in [0.25, 0.3) is 0 Å². The second kappa shape index (κ2) is 6.88. The van der Waals surface area contributed by atoms with Crippen molar-refractivity contribution in [2.24, 2.45) is 34.0 Å². The quantitative estimate of drug-likeness (QED) is 0.506. The van der Waals surface area contributed by atoms with Crippen LogP contribution in [0, 0.1) is 34.0 Å². The molecular formula is C24H34O7. The van der Waals surface area contributed by atoms with Gasteiger partial charge in [-0.3, -0.25) is 14.4 Å². The summed E-state index contributed by atoms with van der Waals surface area (Å²) < 4.78 is 11.3. The smallest absolute Gasteiger partial charge is 0.303 e. The summed E-state index contributed by atoms with van der Waals surface area (Å²) >= 11 is 0. The van der Waals surface area contributed by atoms with Gasteiger partial charge < -0.3 is 19.7 Å². The summed E-state index contributed by atoms with van der Waals surface area (Å²) in [6.45, 7) is 12.6. The monoisotopic (exact) mass is 434 g/mol. The number of esters is 2. The summed E-state index contributed by atoms with van der Waals surface area (Å²) in [6, 6.07) is 0. The van der Waals surface area contributed by atoms with Gasteiger partial charge >= 0.3 is 11.9 Å². The van der Waals surface area contributed by atoms with Crippen LogP contribution in [0.15, 0.2) is 12.2 Å². The van der Waals surface area contributed by atoms with E-state index < -0.39 is 52.6 Å². The molecule has 4 aliphatic carbocycles. The van der Waals surface area contributed by atoms with Crippen molar-refractivity contribution < 1.29 is 34.1 Å². The lowest BCUT2D eigenvalue weighted by atomic mass is 9.39. The van der Waals surface area contributed by atoms with Crippen LogP contribution in [0.5, 0.6) is 0 Å². The van der Waals surface area contributed by atoms with E-state index in [1.54, 1.807) is 0 Å². The number of aliphatic hydroxyl groups excluding tert-OH is 2. The number of carbonyl (C=O) groups is 3. The van der Waals surface area contributed by atoms with Crippen LogP contribution in [0.1, 0.15) is 60.3 Å². The molecule has 0 heterocycles. The Balaban J connectivity index is 1.84. The lowest BCUT2D eigenvalue weighted by Gasteiger charge is -2.66. The Morgan fingerprint density at radius 1 is 1.03 bits per heavy atom. The second-order valence-corrected chi connectivity index (χ2v) is 11.0. The van der Waals surface area contributed by atoms with Crippen LogP contribution in [0.3, 0.4) is 0 Å². The van der Waals surface area contributed by atoms with E-state index in [4.69, 9.17) is 9.47 Å². The van der Waals surface area contributed by atoms with Gasteiger partial charge in [-0.2, -0.15) is 0 Å². The Morgan fingerprint density at radius 2 is 1.65 bits per heavy atom. The number of fused-ring (bicyclic) bond motifs is 3. The van der Waals surface area contributed by atoms with Crippen LogP contribution in [-0.2, 0) is 23.9 Å². The first-order chi connectivity index (χ1) is 14.3. The van der Waals surface area contributed by atoms with Gasteiger partial charge in [-0.15, -0.1) is 0 Å². The van der Waals surface area contributed by atoms with Gasteiger partial charge in [-0.1, -0.05) is 27.4 Å². The molecule has 0 saturated heterocycles. The molecule has 9 atom stereocenters. The maximum atomic E-state index is 13.4. The summed E-state index contributed by atoms with van der Waals surface area (Å²) in [4.78, 5) is 37.2. The molecule has 0 radical (unpaired) electrons. The molecule has 7 heteroatoms. The summed E-state index contributed by atoms with van der Waals surface area (Å²) in [5, 5.41) is 22.6. The third-order valence-electron chi connectivity index (χ3n) is 9.17. The maximum absolute atomic E-state index is 13.4. The van der Waals surface area contributed by atoms with Crippen LogP contribution in [0.4, 0.5) is 0 Å². The van der Waals surface area contributed by atoms with Crippen LogP contribution >= 0.6 is 0 Å². The first kappa shape index (κ1) is 22.5. The van der Waals surface area contributed by atoms with E-state index in [1.807, 2.05) is 13.8 Å². The van der Waals surface area contributed by atoms with Crippen molar-refractivity contribution in [2.45, 2.75) is 84.7 Å². The predicted molar refractivity (Wildman–Crippen MR) is 111 cm³/mol. The summed E-state index contributed by atoms with van der Waals surface area (Å²) in [5.41, 5.74) is -1.98. The van der Waals surface area contributed by atoms with Gasteiger partial charge in [-0.25, -0.2) is 0 Å². The van der Waals surface area contributed by atoms with Gasteiger partial charge in [-0.05, 0) is 48.5 Å². The molecular weight excluding hydrogens is 400 g/mol. The number of Topliss-reactive ketones (excluding diaryl/α,β-unsaturated/α-hetero) is 1. The molecule has 9 unspecified atom stereocenters. The fourth-order valence-corrected chi connectivity index (χ4v) is 8.15. The largest absolute Gasteiger partial charge is 0.459 e. The molecule has 1 spiro atoms. The second-order valence-electron chi connectivity index (χ2n) is 11.0. The Kier molecular flexibility index (Phi) is 4.99. The highest BCUT2D eigenvalue weighted by atomic mass is 16.6. The van der Waals surface area contributed by atoms with E-state index in [1.165, 1.54) is 13.8 Å². The number of rotatable bonds is 2. The molecule has 4 rings (SSSR count). The molecule has 4 fully saturated rings. The number of hydrogen-bond donors (Lipinski definition) is 2. The predicted octanol–water partition coefficient (Wildman–Crippen LogP) is 2.18. The van der Waals surface area contributed by atoms with Gasteiger partial charge in [0.1, 0.15) is 12.2 Å². The third-order valence-corrected chi connectivity index (χ3v) is 9.17. The minimum absolute atomic E-state index is 0.104. The SMILES string of the molecule is C=C1C(=O)C23C(O)CC4C(C)(C)C(OC(C)=O)C(OC(C)=O)CC4(C)C2CCC1C3O. The summed E-state index contributed by atoms with van der Waals surface area (Å²) in [5.74, 6) is -1.84. The average Bonchev–Trinajstić information content (AvgIpc) is 2.75. The van der Waals surface area contributed by atoms with Gasteiger partial charge in [0, 0.05) is 25.2 Å². The zero-order valence-electron chi connectivity index (χ0n) is 19.0. The first-order valence-electron chi connectivity index (χ1n) is 11.2. The molecule has 0 amide bonds. The summed E-state index contributed by atoms with van der Waals surface area (Å²) in [7, 11) is 0. The Morgan fingerprint density at radius 3 is 2.23 bits per heavy atom. The minimum Gasteiger partial charge on any atom is -0.459 e. The van der Waals surface area contributed by atoms with Crippen LogP contribution < -0.4 is 0 Å². The minimum atomic E-state index is -1.27. The van der Waals surface area contributed by atoms with Crippen molar-refractivity contribution in [1.82, 2.24) is 0 Å². The van der Waals surface area contributed by atoms with E-state index in [9.17, 15) is 24.6 Å². The Labute approximate surface area is 183 Å². The fourth-order valence-electron chi connectivity index (χ4n) is 8.15. The molecule has 0 aromatic heterocycles.